The summed E-state index contributed by atoms with van der Waals surface area (Å²) in [6.07, 6.45) is 0.397. The second-order valence-corrected chi connectivity index (χ2v) is 6.78. The van der Waals surface area contributed by atoms with Crippen molar-refractivity contribution >= 4 is 5.91 Å². The monoisotopic (exact) mass is 349 g/mol. The van der Waals surface area contributed by atoms with Crippen molar-refractivity contribution in [3.05, 3.63) is 35.6 Å². The predicted molar refractivity (Wildman–Crippen MR) is 94.8 cm³/mol. The molecule has 1 amide bonds. The number of piperazine rings is 1. The minimum Gasteiger partial charge on any atom is -0.370 e. The molecular formula is C19H28FN3O2. The predicted octanol–water partition coefficient (Wildman–Crippen LogP) is 1.75. The maximum Gasteiger partial charge on any atom is 0.224 e. The van der Waals surface area contributed by atoms with Crippen LogP contribution in [0.4, 0.5) is 4.39 Å². The summed E-state index contributed by atoms with van der Waals surface area (Å²) in [6.45, 7) is 10.1. The number of hydrogen-bond acceptors (Lipinski definition) is 4. The molecule has 2 heterocycles. The molecule has 1 unspecified atom stereocenters. The second kappa shape index (κ2) is 8.74. The molecular weight excluding hydrogens is 321 g/mol. The number of hydrogen-bond donors (Lipinski definition) is 0. The third kappa shape index (κ3) is 5.00. The van der Waals surface area contributed by atoms with Crippen LogP contribution in [0.1, 0.15) is 25.0 Å². The lowest BCUT2D eigenvalue weighted by atomic mass is 10.1. The van der Waals surface area contributed by atoms with E-state index in [-0.39, 0.29) is 17.8 Å². The first-order chi connectivity index (χ1) is 12.2. The van der Waals surface area contributed by atoms with Crippen LogP contribution in [0.3, 0.4) is 0 Å². The lowest BCUT2D eigenvalue weighted by Gasteiger charge is -2.35. The van der Waals surface area contributed by atoms with Gasteiger partial charge >= 0.3 is 0 Å². The molecule has 3 rings (SSSR count). The van der Waals surface area contributed by atoms with Crippen LogP contribution in [-0.2, 0) is 9.53 Å². The SMILES string of the molecule is CCN1CCN(CCC(=O)N2CCOC(c3ccc(F)cc3)C2)CC1. The molecule has 25 heavy (non-hydrogen) atoms. The molecule has 2 aliphatic rings. The molecule has 1 atom stereocenters. The Morgan fingerprint density at radius 1 is 1.12 bits per heavy atom. The fraction of sp³-hybridized carbons (Fsp3) is 0.632. The van der Waals surface area contributed by atoms with Crippen molar-refractivity contribution in [3.8, 4) is 0 Å². The molecule has 1 aromatic carbocycles. The number of likely N-dealkylation sites (N-methyl/N-ethyl adjacent to an activating group) is 1. The van der Waals surface area contributed by atoms with Crippen LogP contribution >= 0.6 is 0 Å². The van der Waals surface area contributed by atoms with Crippen molar-refractivity contribution in [1.82, 2.24) is 14.7 Å². The summed E-state index contributed by atoms with van der Waals surface area (Å²) in [5, 5.41) is 0. The maximum atomic E-state index is 13.1. The van der Waals surface area contributed by atoms with Gasteiger partial charge in [0, 0.05) is 45.7 Å². The molecule has 0 bridgehead atoms. The molecule has 0 spiro atoms. The highest BCUT2D eigenvalue weighted by atomic mass is 19.1. The Labute approximate surface area is 149 Å². The van der Waals surface area contributed by atoms with Crippen LogP contribution in [0.2, 0.25) is 0 Å². The average molecular weight is 349 g/mol. The normalized spacial score (nSPS) is 23.0. The summed E-state index contributed by atoms with van der Waals surface area (Å²) in [4.78, 5) is 19.3. The molecule has 5 nitrogen and oxygen atoms in total. The minimum atomic E-state index is -0.254. The van der Waals surface area contributed by atoms with E-state index in [2.05, 4.69) is 16.7 Å². The summed E-state index contributed by atoms with van der Waals surface area (Å²) in [5.41, 5.74) is 0.926. The van der Waals surface area contributed by atoms with Crippen molar-refractivity contribution in [3.63, 3.8) is 0 Å². The number of amides is 1. The molecule has 2 fully saturated rings. The maximum absolute atomic E-state index is 13.1. The van der Waals surface area contributed by atoms with Gasteiger partial charge in [-0.2, -0.15) is 0 Å². The van der Waals surface area contributed by atoms with Crippen LogP contribution in [0, 0.1) is 5.82 Å². The molecule has 0 aromatic heterocycles. The fourth-order valence-corrected chi connectivity index (χ4v) is 3.50. The zero-order valence-corrected chi connectivity index (χ0v) is 15.0. The van der Waals surface area contributed by atoms with Gasteiger partial charge in [-0.3, -0.25) is 4.79 Å². The van der Waals surface area contributed by atoms with E-state index >= 15 is 0 Å². The van der Waals surface area contributed by atoms with Crippen molar-refractivity contribution in [2.75, 3.05) is 59.0 Å². The minimum absolute atomic E-state index is 0.161. The Balaban J connectivity index is 1.46. The first-order valence-corrected chi connectivity index (χ1v) is 9.25. The lowest BCUT2D eigenvalue weighted by Crippen LogP contribution is -2.48. The molecule has 138 valence electrons. The Morgan fingerprint density at radius 2 is 1.80 bits per heavy atom. The topological polar surface area (TPSA) is 36.0 Å². The van der Waals surface area contributed by atoms with Gasteiger partial charge in [0.1, 0.15) is 11.9 Å². The summed E-state index contributed by atoms with van der Waals surface area (Å²) in [5.74, 6) is -0.0657. The number of morpholine rings is 1. The van der Waals surface area contributed by atoms with Crippen LogP contribution in [0.15, 0.2) is 24.3 Å². The van der Waals surface area contributed by atoms with Crippen molar-refractivity contribution < 1.29 is 13.9 Å². The smallest absolute Gasteiger partial charge is 0.224 e. The highest BCUT2D eigenvalue weighted by Gasteiger charge is 2.26. The Morgan fingerprint density at radius 3 is 2.48 bits per heavy atom. The van der Waals surface area contributed by atoms with E-state index < -0.39 is 0 Å². The van der Waals surface area contributed by atoms with Gasteiger partial charge in [0.05, 0.1) is 13.2 Å². The summed E-state index contributed by atoms with van der Waals surface area (Å²) < 4.78 is 18.8. The molecule has 2 saturated heterocycles. The average Bonchev–Trinajstić information content (AvgIpc) is 2.67. The second-order valence-electron chi connectivity index (χ2n) is 6.78. The van der Waals surface area contributed by atoms with Gasteiger partial charge in [-0.1, -0.05) is 19.1 Å². The summed E-state index contributed by atoms with van der Waals surface area (Å²) in [6, 6.07) is 6.35. The number of carbonyl (C=O) groups excluding carboxylic acids is 1. The summed E-state index contributed by atoms with van der Waals surface area (Å²) >= 11 is 0. The third-order valence-electron chi connectivity index (χ3n) is 5.21. The number of carbonyl (C=O) groups is 1. The molecule has 1 aromatic rings. The third-order valence-corrected chi connectivity index (χ3v) is 5.21. The van der Waals surface area contributed by atoms with Crippen molar-refractivity contribution in [1.29, 1.82) is 0 Å². The number of halogens is 1. The quantitative estimate of drug-likeness (QED) is 0.812. The van der Waals surface area contributed by atoms with Crippen molar-refractivity contribution in [2.24, 2.45) is 0 Å². The Bertz CT molecular complexity index is 558. The van der Waals surface area contributed by atoms with E-state index in [1.54, 1.807) is 12.1 Å². The zero-order chi connectivity index (χ0) is 17.6. The first-order valence-electron chi connectivity index (χ1n) is 9.25. The van der Waals surface area contributed by atoms with Gasteiger partial charge in [-0.15, -0.1) is 0 Å². The van der Waals surface area contributed by atoms with Crippen LogP contribution in [0.5, 0.6) is 0 Å². The molecule has 0 N–H and O–H groups in total. The molecule has 2 aliphatic heterocycles. The zero-order valence-electron chi connectivity index (χ0n) is 15.0. The number of nitrogens with zero attached hydrogens (tertiary/aromatic N) is 3. The lowest BCUT2D eigenvalue weighted by molar-refractivity contribution is -0.139. The van der Waals surface area contributed by atoms with E-state index in [9.17, 15) is 9.18 Å². The van der Waals surface area contributed by atoms with Crippen molar-refractivity contribution in [2.45, 2.75) is 19.4 Å². The van der Waals surface area contributed by atoms with Gasteiger partial charge in [0.2, 0.25) is 5.91 Å². The van der Waals surface area contributed by atoms with Crippen LogP contribution in [0.25, 0.3) is 0 Å². The molecule has 0 aliphatic carbocycles. The first kappa shape index (κ1) is 18.3. The Hall–Kier alpha value is -1.50. The van der Waals surface area contributed by atoms with E-state index in [1.807, 2.05) is 4.90 Å². The van der Waals surface area contributed by atoms with Crippen LogP contribution in [-0.4, -0.2) is 79.6 Å². The van der Waals surface area contributed by atoms with E-state index in [1.165, 1.54) is 12.1 Å². The summed E-state index contributed by atoms with van der Waals surface area (Å²) in [7, 11) is 0. The van der Waals surface area contributed by atoms with Gasteiger partial charge in [-0.25, -0.2) is 4.39 Å². The molecule has 0 saturated carbocycles. The standard InChI is InChI=1S/C19H28FN3O2/c1-2-21-9-11-22(12-10-21)8-7-19(24)23-13-14-25-18(15-23)16-3-5-17(20)6-4-16/h3-6,18H,2,7-15H2,1H3. The van der Waals surface area contributed by atoms with Gasteiger partial charge in [0.15, 0.2) is 0 Å². The van der Waals surface area contributed by atoms with E-state index in [0.29, 0.717) is 26.1 Å². The van der Waals surface area contributed by atoms with Gasteiger partial charge in [-0.05, 0) is 24.2 Å². The number of benzene rings is 1. The van der Waals surface area contributed by atoms with E-state index in [0.717, 1.165) is 44.8 Å². The van der Waals surface area contributed by atoms with Gasteiger partial charge < -0.3 is 19.4 Å². The fourth-order valence-electron chi connectivity index (χ4n) is 3.50. The number of rotatable bonds is 5. The largest absolute Gasteiger partial charge is 0.370 e. The van der Waals surface area contributed by atoms with Gasteiger partial charge in [0.25, 0.3) is 0 Å². The van der Waals surface area contributed by atoms with E-state index in [4.69, 9.17) is 4.74 Å². The highest BCUT2D eigenvalue weighted by Crippen LogP contribution is 2.23. The highest BCUT2D eigenvalue weighted by molar-refractivity contribution is 5.76. The molecule has 6 heteroatoms. The Kier molecular flexibility index (Phi) is 6.39. The van der Waals surface area contributed by atoms with Crippen LogP contribution < -0.4 is 0 Å². The molecule has 0 radical (unpaired) electrons. The number of ether oxygens (including phenoxy) is 1.